The smallest absolute Gasteiger partial charge is 0.407 e. The first kappa shape index (κ1) is 23.1. The van der Waals surface area contributed by atoms with Crippen LogP contribution in [0.5, 0.6) is 0 Å². The molecule has 2 atom stereocenters. The molecule has 1 aliphatic heterocycles. The lowest BCUT2D eigenvalue weighted by atomic mass is 9.95. The van der Waals surface area contributed by atoms with Crippen molar-refractivity contribution >= 4 is 28.5 Å². The van der Waals surface area contributed by atoms with Crippen molar-refractivity contribution in [3.63, 3.8) is 0 Å². The Kier molecular flexibility index (Phi) is 6.90. The zero-order valence-electron chi connectivity index (χ0n) is 19.3. The highest BCUT2D eigenvalue weighted by molar-refractivity contribution is 7.18. The molecule has 3 aromatic rings. The van der Waals surface area contributed by atoms with Gasteiger partial charge in [0.2, 0.25) is 5.95 Å². The molecule has 1 amide bonds. The number of nitrogens with zero attached hydrogens (tertiary/aromatic N) is 3. The van der Waals surface area contributed by atoms with Gasteiger partial charge in [-0.25, -0.2) is 19.7 Å². The van der Waals surface area contributed by atoms with E-state index in [1.165, 1.54) is 5.56 Å². The number of carbonyl (C=O) groups is 1. The molecule has 1 aromatic carbocycles. The third-order valence-corrected chi connectivity index (χ3v) is 6.48. The lowest BCUT2D eigenvalue weighted by Crippen LogP contribution is -2.34. The van der Waals surface area contributed by atoms with Crippen LogP contribution in [0.15, 0.2) is 42.9 Å². The van der Waals surface area contributed by atoms with Crippen LogP contribution in [-0.4, -0.2) is 39.8 Å². The Balaban J connectivity index is 1.37. The molecule has 3 heterocycles. The number of hydrogen-bond donors (Lipinski definition) is 2. The van der Waals surface area contributed by atoms with Crippen molar-refractivity contribution in [2.75, 3.05) is 11.9 Å². The molecule has 0 bridgehead atoms. The number of carbonyl (C=O) groups excluding carboxylic acids is 1. The molecule has 174 valence electrons. The lowest BCUT2D eigenvalue weighted by molar-refractivity contribution is 0.0107. The van der Waals surface area contributed by atoms with Crippen LogP contribution in [-0.2, 0) is 21.5 Å². The molecular weight excluding hydrogens is 438 g/mol. The first-order valence-electron chi connectivity index (χ1n) is 11.1. The fourth-order valence-corrected chi connectivity index (χ4v) is 4.47. The summed E-state index contributed by atoms with van der Waals surface area (Å²) in [6.07, 6.45) is 6.16. The van der Waals surface area contributed by atoms with Crippen molar-refractivity contribution in [2.45, 2.75) is 58.3 Å². The Bertz CT molecular complexity index is 1080. The highest BCUT2D eigenvalue weighted by Crippen LogP contribution is 2.37. The van der Waals surface area contributed by atoms with Crippen molar-refractivity contribution in [3.8, 4) is 10.4 Å². The number of rotatable bonds is 7. The van der Waals surface area contributed by atoms with E-state index in [0.717, 1.165) is 27.6 Å². The standard InChI is InChI=1S/C24H29N5O3S/c1-5-16-6-8-17(9-7-16)20-13-27-22(33-20)29-21-25-11-18(12-26-21)24(4)10-19(14-31-24)32-23(30)28-15(2)3/h6-9,11-13,15,19H,5,10,14H2,1-4H3,(H,28,30)(H,25,26,27,29)/t19-,24+/m0/s1. The molecule has 1 saturated heterocycles. The molecule has 1 fully saturated rings. The van der Waals surface area contributed by atoms with E-state index in [9.17, 15) is 4.79 Å². The van der Waals surface area contributed by atoms with E-state index in [1.807, 2.05) is 27.0 Å². The molecular formula is C24H29N5O3S. The zero-order valence-corrected chi connectivity index (χ0v) is 20.1. The second kappa shape index (κ2) is 9.84. The molecule has 0 unspecified atom stereocenters. The largest absolute Gasteiger partial charge is 0.444 e. The number of amides is 1. The van der Waals surface area contributed by atoms with Crippen LogP contribution in [0.25, 0.3) is 10.4 Å². The predicted octanol–water partition coefficient (Wildman–Crippen LogP) is 5.04. The molecule has 0 spiro atoms. The van der Waals surface area contributed by atoms with Crippen molar-refractivity contribution < 1.29 is 14.3 Å². The molecule has 0 aliphatic carbocycles. The van der Waals surface area contributed by atoms with Gasteiger partial charge in [-0.15, -0.1) is 0 Å². The summed E-state index contributed by atoms with van der Waals surface area (Å²) in [6, 6.07) is 8.54. The van der Waals surface area contributed by atoms with E-state index < -0.39 is 11.7 Å². The Morgan fingerprint density at radius 3 is 2.61 bits per heavy atom. The van der Waals surface area contributed by atoms with Gasteiger partial charge in [0.25, 0.3) is 0 Å². The van der Waals surface area contributed by atoms with Crippen LogP contribution in [0, 0.1) is 0 Å². The molecule has 1 aliphatic rings. The summed E-state index contributed by atoms with van der Waals surface area (Å²) in [5, 5.41) is 6.62. The normalized spacial score (nSPS) is 20.1. The van der Waals surface area contributed by atoms with Crippen molar-refractivity contribution in [1.82, 2.24) is 20.3 Å². The third kappa shape index (κ3) is 5.66. The topological polar surface area (TPSA) is 98.3 Å². The van der Waals surface area contributed by atoms with Crippen molar-refractivity contribution in [3.05, 3.63) is 54.0 Å². The number of alkyl carbamates (subject to hydrolysis) is 1. The number of benzene rings is 1. The van der Waals surface area contributed by atoms with Gasteiger partial charge in [0.1, 0.15) is 6.10 Å². The van der Waals surface area contributed by atoms with Gasteiger partial charge in [0, 0.05) is 36.6 Å². The van der Waals surface area contributed by atoms with Gasteiger partial charge < -0.3 is 20.1 Å². The summed E-state index contributed by atoms with van der Waals surface area (Å²) >= 11 is 1.55. The minimum atomic E-state index is -0.611. The van der Waals surface area contributed by atoms with E-state index in [2.05, 4.69) is 56.8 Å². The minimum absolute atomic E-state index is 0.0233. The van der Waals surface area contributed by atoms with Crippen molar-refractivity contribution in [2.24, 2.45) is 0 Å². The molecule has 4 rings (SSSR count). The number of anilines is 2. The summed E-state index contributed by atoms with van der Waals surface area (Å²) in [5.74, 6) is 0.465. The Morgan fingerprint density at radius 1 is 1.21 bits per heavy atom. The van der Waals surface area contributed by atoms with Crippen molar-refractivity contribution in [1.29, 1.82) is 0 Å². The number of thiazole rings is 1. The summed E-state index contributed by atoms with van der Waals surface area (Å²) in [4.78, 5) is 26.3. The minimum Gasteiger partial charge on any atom is -0.444 e. The average molecular weight is 468 g/mol. The van der Waals surface area contributed by atoms with E-state index in [0.29, 0.717) is 19.0 Å². The van der Waals surface area contributed by atoms with Crippen LogP contribution >= 0.6 is 11.3 Å². The van der Waals surface area contributed by atoms with Gasteiger partial charge in [-0.2, -0.15) is 0 Å². The zero-order chi connectivity index (χ0) is 23.4. The van der Waals surface area contributed by atoms with Crippen LogP contribution in [0.1, 0.15) is 45.2 Å². The summed E-state index contributed by atoms with van der Waals surface area (Å²) in [5.41, 5.74) is 2.67. The molecule has 0 saturated carbocycles. The van der Waals surface area contributed by atoms with E-state index >= 15 is 0 Å². The summed E-state index contributed by atoms with van der Waals surface area (Å²) in [6.45, 7) is 8.22. The maximum absolute atomic E-state index is 11.9. The van der Waals surface area contributed by atoms with Gasteiger partial charge in [-0.3, -0.25) is 0 Å². The predicted molar refractivity (Wildman–Crippen MR) is 129 cm³/mol. The average Bonchev–Trinajstić information content (AvgIpc) is 3.41. The van der Waals surface area contributed by atoms with Gasteiger partial charge in [-0.05, 0) is 38.3 Å². The lowest BCUT2D eigenvalue weighted by Gasteiger charge is -2.23. The Labute approximate surface area is 197 Å². The maximum atomic E-state index is 11.9. The molecule has 8 nitrogen and oxygen atoms in total. The summed E-state index contributed by atoms with van der Waals surface area (Å²) < 4.78 is 11.4. The quantitative estimate of drug-likeness (QED) is 0.502. The van der Waals surface area contributed by atoms with Crippen LogP contribution < -0.4 is 10.6 Å². The van der Waals surface area contributed by atoms with E-state index in [4.69, 9.17) is 9.47 Å². The van der Waals surface area contributed by atoms with Gasteiger partial charge in [0.15, 0.2) is 5.13 Å². The van der Waals surface area contributed by atoms with Gasteiger partial charge in [-0.1, -0.05) is 42.5 Å². The highest BCUT2D eigenvalue weighted by Gasteiger charge is 2.40. The number of aryl methyl sites for hydroxylation is 1. The number of ether oxygens (including phenoxy) is 2. The maximum Gasteiger partial charge on any atom is 0.407 e. The Morgan fingerprint density at radius 2 is 1.94 bits per heavy atom. The third-order valence-electron chi connectivity index (χ3n) is 5.52. The second-order valence-corrected chi connectivity index (χ2v) is 9.60. The molecule has 0 radical (unpaired) electrons. The molecule has 2 aromatic heterocycles. The van der Waals surface area contributed by atoms with Crippen LogP contribution in [0.4, 0.5) is 15.9 Å². The van der Waals surface area contributed by atoms with Gasteiger partial charge >= 0.3 is 6.09 Å². The van der Waals surface area contributed by atoms with Gasteiger partial charge in [0.05, 0.1) is 17.1 Å². The summed E-state index contributed by atoms with van der Waals surface area (Å²) in [7, 11) is 0. The highest BCUT2D eigenvalue weighted by atomic mass is 32.1. The van der Waals surface area contributed by atoms with Crippen LogP contribution in [0.2, 0.25) is 0 Å². The second-order valence-electron chi connectivity index (χ2n) is 8.57. The van der Waals surface area contributed by atoms with Crippen LogP contribution in [0.3, 0.4) is 0 Å². The molecule has 2 N–H and O–H groups in total. The molecule has 9 heteroatoms. The monoisotopic (exact) mass is 467 g/mol. The fourth-order valence-electron chi connectivity index (χ4n) is 3.66. The number of nitrogens with one attached hydrogen (secondary N) is 2. The fraction of sp³-hybridized carbons (Fsp3) is 0.417. The first-order valence-corrected chi connectivity index (χ1v) is 11.9. The SMILES string of the molecule is CCc1ccc(-c2cnc(Nc3ncc([C@@]4(C)C[C@H](OC(=O)NC(C)C)CO4)cn3)s2)cc1. The number of aromatic nitrogens is 3. The first-order chi connectivity index (χ1) is 15.8. The van der Waals surface area contributed by atoms with E-state index in [-0.39, 0.29) is 12.1 Å². The molecule has 33 heavy (non-hydrogen) atoms. The van der Waals surface area contributed by atoms with E-state index in [1.54, 1.807) is 23.7 Å². The number of hydrogen-bond acceptors (Lipinski definition) is 8. The Hall–Kier alpha value is -3.04.